The quantitative estimate of drug-likeness (QED) is 0.581. The van der Waals surface area contributed by atoms with Crippen molar-refractivity contribution in [1.82, 2.24) is 5.32 Å². The Labute approximate surface area is 80.9 Å². The highest BCUT2D eigenvalue weighted by molar-refractivity contribution is 7.81. The molecule has 0 spiro atoms. The Bertz CT molecular complexity index is 355. The Hall–Kier alpha value is -1.36. The van der Waals surface area contributed by atoms with E-state index in [1.807, 2.05) is 18.2 Å². The van der Waals surface area contributed by atoms with E-state index < -0.39 is 0 Å². The molecular weight excluding hydrogens is 186 g/mol. The van der Waals surface area contributed by atoms with Crippen LogP contribution in [0, 0.1) is 0 Å². The summed E-state index contributed by atoms with van der Waals surface area (Å²) in [6.45, 7) is 0. The molecular formula is C8H9N3OS. The zero-order valence-electron chi connectivity index (χ0n) is 6.77. The molecule has 1 aliphatic rings. The highest BCUT2D eigenvalue weighted by Crippen LogP contribution is 2.17. The van der Waals surface area contributed by atoms with Gasteiger partial charge in [-0.05, 0) is 18.2 Å². The van der Waals surface area contributed by atoms with Crippen molar-refractivity contribution in [3.63, 3.8) is 0 Å². The Balaban J connectivity index is 2.27. The topological polar surface area (TPSA) is 63.5 Å². The van der Waals surface area contributed by atoms with Crippen LogP contribution in [-0.2, 0) is 0 Å². The molecule has 2 rings (SSSR count). The van der Waals surface area contributed by atoms with E-state index in [0.717, 1.165) is 11.5 Å². The summed E-state index contributed by atoms with van der Waals surface area (Å²) in [4.78, 5) is 3.97. The van der Waals surface area contributed by atoms with Crippen LogP contribution in [0.15, 0.2) is 33.9 Å². The summed E-state index contributed by atoms with van der Waals surface area (Å²) in [5, 5.41) is 2.69. The maximum Gasteiger partial charge on any atom is 0.194 e. The predicted molar refractivity (Wildman–Crippen MR) is 54.2 cm³/mol. The Morgan fingerprint density at radius 1 is 1.62 bits per heavy atom. The van der Waals surface area contributed by atoms with Crippen molar-refractivity contribution in [1.29, 1.82) is 0 Å². The molecule has 0 aromatic carbocycles. The molecule has 0 radical (unpaired) electrons. The van der Waals surface area contributed by atoms with Gasteiger partial charge in [0.2, 0.25) is 0 Å². The molecule has 0 amide bonds. The van der Waals surface area contributed by atoms with Crippen LogP contribution in [0.2, 0.25) is 0 Å². The van der Waals surface area contributed by atoms with E-state index in [0.29, 0.717) is 5.96 Å². The minimum atomic E-state index is -0.207. The average molecular weight is 195 g/mol. The highest BCUT2D eigenvalue weighted by Gasteiger charge is 2.12. The second-order valence-electron chi connectivity index (χ2n) is 2.61. The molecule has 68 valence electrons. The summed E-state index contributed by atoms with van der Waals surface area (Å²) in [5.74, 6) is 1.09. The zero-order valence-corrected chi connectivity index (χ0v) is 7.66. The first kappa shape index (κ1) is 8.25. The third-order valence-corrected chi connectivity index (χ3v) is 1.90. The third-order valence-electron chi connectivity index (χ3n) is 1.64. The summed E-state index contributed by atoms with van der Waals surface area (Å²) < 4.78 is 5.19. The summed E-state index contributed by atoms with van der Waals surface area (Å²) in [6.07, 6.45) is 3.44. The number of thiol groups is 1. The molecule has 13 heavy (non-hydrogen) atoms. The van der Waals surface area contributed by atoms with Gasteiger partial charge in [-0.2, -0.15) is 0 Å². The van der Waals surface area contributed by atoms with Gasteiger partial charge in [0.15, 0.2) is 5.96 Å². The lowest BCUT2D eigenvalue weighted by Gasteiger charge is -2.15. The normalized spacial score (nSPS) is 21.8. The van der Waals surface area contributed by atoms with Crippen molar-refractivity contribution in [3.05, 3.63) is 30.2 Å². The van der Waals surface area contributed by atoms with E-state index >= 15 is 0 Å². The van der Waals surface area contributed by atoms with Crippen LogP contribution in [0.25, 0.3) is 5.70 Å². The number of guanidine groups is 1. The first-order chi connectivity index (χ1) is 6.25. The Kier molecular flexibility index (Phi) is 2.02. The van der Waals surface area contributed by atoms with Gasteiger partial charge >= 0.3 is 0 Å². The molecule has 1 unspecified atom stereocenters. The standard InChI is InChI=1S/C8H9N3OS/c9-8-10-5(4-7(13)11-8)6-2-1-3-12-6/h1-4,7,13H,(H3,9,10,11). The first-order valence-electron chi connectivity index (χ1n) is 3.80. The number of hydrogen-bond acceptors (Lipinski definition) is 5. The smallest absolute Gasteiger partial charge is 0.194 e. The van der Waals surface area contributed by atoms with Crippen molar-refractivity contribution in [2.75, 3.05) is 0 Å². The van der Waals surface area contributed by atoms with Crippen molar-refractivity contribution in [2.24, 2.45) is 10.7 Å². The zero-order chi connectivity index (χ0) is 9.26. The van der Waals surface area contributed by atoms with Crippen molar-refractivity contribution in [2.45, 2.75) is 5.37 Å². The molecule has 1 aromatic rings. The lowest BCUT2D eigenvalue weighted by atomic mass is 10.3. The number of nitrogens with zero attached hydrogens (tertiary/aromatic N) is 1. The summed E-state index contributed by atoms with van der Waals surface area (Å²) in [5.41, 5.74) is 6.33. The largest absolute Gasteiger partial charge is 0.463 e. The van der Waals surface area contributed by atoms with E-state index in [9.17, 15) is 0 Å². The van der Waals surface area contributed by atoms with Gasteiger partial charge in [0.25, 0.3) is 0 Å². The van der Waals surface area contributed by atoms with E-state index in [-0.39, 0.29) is 5.37 Å². The van der Waals surface area contributed by atoms with Crippen molar-refractivity contribution >= 4 is 24.3 Å². The maximum absolute atomic E-state index is 5.53. The molecule has 5 heteroatoms. The van der Waals surface area contributed by atoms with E-state index in [4.69, 9.17) is 10.2 Å². The number of rotatable bonds is 1. The average Bonchev–Trinajstić information content (AvgIpc) is 2.53. The number of aliphatic imine (C=N–C) groups is 1. The summed E-state index contributed by atoms with van der Waals surface area (Å²) >= 11 is 4.19. The van der Waals surface area contributed by atoms with Gasteiger partial charge < -0.3 is 15.5 Å². The van der Waals surface area contributed by atoms with Crippen LogP contribution in [0.4, 0.5) is 0 Å². The predicted octanol–water partition coefficient (Wildman–Crippen LogP) is 0.794. The van der Waals surface area contributed by atoms with E-state index in [1.54, 1.807) is 6.26 Å². The highest BCUT2D eigenvalue weighted by atomic mass is 32.1. The SMILES string of the molecule is NC1=NC(S)C=C(c2ccco2)N1. The molecule has 1 aromatic heterocycles. The Morgan fingerprint density at radius 3 is 3.08 bits per heavy atom. The fraction of sp³-hybridized carbons (Fsp3) is 0.125. The molecule has 2 heterocycles. The molecule has 0 saturated heterocycles. The van der Waals surface area contributed by atoms with Crippen LogP contribution in [0.1, 0.15) is 5.76 Å². The second-order valence-corrected chi connectivity index (χ2v) is 3.14. The number of furan rings is 1. The van der Waals surface area contributed by atoms with Crippen LogP contribution in [-0.4, -0.2) is 11.3 Å². The molecule has 1 aliphatic heterocycles. The van der Waals surface area contributed by atoms with Gasteiger partial charge in [-0.3, -0.25) is 0 Å². The van der Waals surface area contributed by atoms with Gasteiger partial charge in [0.1, 0.15) is 11.1 Å². The molecule has 0 fully saturated rings. The maximum atomic E-state index is 5.53. The summed E-state index contributed by atoms with van der Waals surface area (Å²) in [6, 6.07) is 3.66. The second kappa shape index (κ2) is 3.18. The minimum absolute atomic E-state index is 0.207. The lowest BCUT2D eigenvalue weighted by molar-refractivity contribution is 0.549. The van der Waals surface area contributed by atoms with Crippen LogP contribution >= 0.6 is 12.6 Å². The van der Waals surface area contributed by atoms with Gasteiger partial charge in [-0.25, -0.2) is 4.99 Å². The minimum Gasteiger partial charge on any atom is -0.463 e. The van der Waals surface area contributed by atoms with E-state index in [2.05, 4.69) is 22.9 Å². The van der Waals surface area contributed by atoms with Gasteiger partial charge in [0.05, 0.1) is 12.0 Å². The third kappa shape index (κ3) is 1.70. The first-order valence-corrected chi connectivity index (χ1v) is 4.31. The van der Waals surface area contributed by atoms with Gasteiger partial charge in [-0.15, -0.1) is 12.6 Å². The molecule has 3 N–H and O–H groups in total. The van der Waals surface area contributed by atoms with Crippen LogP contribution < -0.4 is 11.1 Å². The number of nitrogens with one attached hydrogen (secondary N) is 1. The molecule has 1 atom stereocenters. The molecule has 4 nitrogen and oxygen atoms in total. The van der Waals surface area contributed by atoms with Crippen molar-refractivity contribution < 1.29 is 4.42 Å². The Morgan fingerprint density at radius 2 is 2.46 bits per heavy atom. The van der Waals surface area contributed by atoms with E-state index in [1.165, 1.54) is 0 Å². The fourth-order valence-electron chi connectivity index (χ4n) is 1.12. The lowest BCUT2D eigenvalue weighted by Crippen LogP contribution is -2.34. The number of hydrogen-bond donors (Lipinski definition) is 3. The van der Waals surface area contributed by atoms with Gasteiger partial charge in [-0.1, -0.05) is 0 Å². The molecule has 0 aliphatic carbocycles. The summed E-state index contributed by atoms with van der Waals surface area (Å²) in [7, 11) is 0. The van der Waals surface area contributed by atoms with Crippen molar-refractivity contribution in [3.8, 4) is 0 Å². The molecule has 0 bridgehead atoms. The fourth-order valence-corrected chi connectivity index (χ4v) is 1.39. The van der Waals surface area contributed by atoms with Crippen LogP contribution in [0.5, 0.6) is 0 Å². The number of nitrogens with two attached hydrogens (primary N) is 1. The van der Waals surface area contributed by atoms with Gasteiger partial charge in [0, 0.05) is 0 Å². The monoisotopic (exact) mass is 195 g/mol. The van der Waals surface area contributed by atoms with Crippen LogP contribution in [0.3, 0.4) is 0 Å². The molecule has 0 saturated carbocycles.